The number of carbonyl (C=O) groups excluding carboxylic acids is 1. The van der Waals surface area contributed by atoms with Gasteiger partial charge in [0.15, 0.2) is 0 Å². The van der Waals surface area contributed by atoms with Crippen LogP contribution in [0.2, 0.25) is 15.1 Å². The summed E-state index contributed by atoms with van der Waals surface area (Å²) < 4.78 is 2.26. The minimum atomic E-state index is -0.132. The number of piperidine rings is 1. The van der Waals surface area contributed by atoms with Gasteiger partial charge in [-0.1, -0.05) is 59.1 Å². The largest absolute Gasteiger partial charge is 0.324 e. The maximum atomic E-state index is 13.0. The first-order valence-electron chi connectivity index (χ1n) is 11.6. The van der Waals surface area contributed by atoms with Gasteiger partial charge in [-0.15, -0.1) is 0 Å². The summed E-state index contributed by atoms with van der Waals surface area (Å²) in [4.78, 5) is 20.3. The number of benzene rings is 3. The Hall–Kier alpha value is -2.57. The average Bonchev–Trinajstić information content (AvgIpc) is 3.19. The van der Waals surface area contributed by atoms with Crippen molar-refractivity contribution in [1.82, 2.24) is 14.5 Å². The number of nitrogens with zero attached hydrogens (tertiary/aromatic N) is 3. The van der Waals surface area contributed by atoms with Crippen molar-refractivity contribution in [1.29, 1.82) is 0 Å². The molecule has 1 N–H and O–H groups in total. The maximum absolute atomic E-state index is 13.0. The van der Waals surface area contributed by atoms with Crippen molar-refractivity contribution in [2.45, 2.75) is 25.9 Å². The van der Waals surface area contributed by atoms with Crippen LogP contribution in [-0.4, -0.2) is 33.4 Å². The number of rotatable bonds is 6. The number of anilines is 1. The van der Waals surface area contributed by atoms with Crippen LogP contribution >= 0.6 is 34.8 Å². The number of nitrogens with one attached hydrogen (secondary N) is 1. The highest BCUT2D eigenvalue weighted by Gasteiger charge is 2.27. The molecule has 5 nitrogen and oxygen atoms in total. The predicted octanol–water partition coefficient (Wildman–Crippen LogP) is 6.90. The van der Waals surface area contributed by atoms with Gasteiger partial charge in [-0.2, -0.15) is 0 Å². The van der Waals surface area contributed by atoms with Crippen LogP contribution in [0.4, 0.5) is 5.69 Å². The fourth-order valence-electron chi connectivity index (χ4n) is 4.64. The van der Waals surface area contributed by atoms with Crippen LogP contribution in [0.25, 0.3) is 11.0 Å². The van der Waals surface area contributed by atoms with E-state index in [1.54, 1.807) is 18.2 Å². The van der Waals surface area contributed by atoms with Gasteiger partial charge in [-0.3, -0.25) is 9.69 Å². The monoisotopic (exact) mass is 526 g/mol. The summed E-state index contributed by atoms with van der Waals surface area (Å²) in [6, 6.07) is 21.2. The number of aromatic nitrogens is 2. The average molecular weight is 528 g/mol. The van der Waals surface area contributed by atoms with E-state index in [0.29, 0.717) is 35.4 Å². The smallest absolute Gasteiger partial charge is 0.228 e. The summed E-state index contributed by atoms with van der Waals surface area (Å²) >= 11 is 18.4. The van der Waals surface area contributed by atoms with Gasteiger partial charge >= 0.3 is 0 Å². The number of hydrogen-bond acceptors (Lipinski definition) is 3. The number of halogens is 3. The van der Waals surface area contributed by atoms with E-state index in [-0.39, 0.29) is 11.8 Å². The number of likely N-dealkylation sites (tertiary alicyclic amines) is 1. The molecule has 180 valence electrons. The van der Waals surface area contributed by atoms with Crippen molar-refractivity contribution in [2.24, 2.45) is 5.92 Å². The lowest BCUT2D eigenvalue weighted by molar-refractivity contribution is -0.121. The van der Waals surface area contributed by atoms with E-state index in [4.69, 9.17) is 39.8 Å². The quantitative estimate of drug-likeness (QED) is 0.297. The summed E-state index contributed by atoms with van der Waals surface area (Å²) in [7, 11) is 0. The topological polar surface area (TPSA) is 50.2 Å². The normalized spacial score (nSPS) is 16.5. The molecule has 0 bridgehead atoms. The van der Waals surface area contributed by atoms with Gasteiger partial charge in [0, 0.05) is 23.1 Å². The molecule has 3 aromatic carbocycles. The van der Waals surface area contributed by atoms with E-state index in [1.165, 1.54) is 0 Å². The molecule has 1 aliphatic rings. The lowest BCUT2D eigenvalue weighted by atomic mass is 9.97. The molecule has 1 atom stereocenters. The minimum absolute atomic E-state index is 0.0338. The second-order valence-electron chi connectivity index (χ2n) is 8.92. The second-order valence-corrected chi connectivity index (χ2v) is 10.2. The number of fused-ring (bicyclic) bond motifs is 1. The van der Waals surface area contributed by atoms with Gasteiger partial charge in [0.05, 0.1) is 34.2 Å². The van der Waals surface area contributed by atoms with Crippen LogP contribution in [0.5, 0.6) is 0 Å². The first-order chi connectivity index (χ1) is 17.0. The zero-order valence-electron chi connectivity index (χ0n) is 19.1. The molecule has 8 heteroatoms. The van der Waals surface area contributed by atoms with E-state index in [9.17, 15) is 4.79 Å². The third-order valence-electron chi connectivity index (χ3n) is 6.42. The van der Waals surface area contributed by atoms with E-state index in [2.05, 4.69) is 20.9 Å². The summed E-state index contributed by atoms with van der Waals surface area (Å²) in [6.07, 6.45) is 1.78. The van der Waals surface area contributed by atoms with Crippen molar-refractivity contribution in [3.05, 3.63) is 93.2 Å². The Bertz CT molecular complexity index is 1350. The zero-order valence-corrected chi connectivity index (χ0v) is 21.3. The molecular weight excluding hydrogens is 503 g/mol. The van der Waals surface area contributed by atoms with Gasteiger partial charge in [-0.25, -0.2) is 4.98 Å². The molecule has 5 rings (SSSR count). The fraction of sp³-hybridized carbons (Fsp3) is 0.259. The van der Waals surface area contributed by atoms with E-state index < -0.39 is 0 Å². The Morgan fingerprint density at radius 2 is 1.74 bits per heavy atom. The third kappa shape index (κ3) is 5.65. The molecule has 1 saturated heterocycles. The highest BCUT2D eigenvalue weighted by Crippen LogP contribution is 2.28. The van der Waals surface area contributed by atoms with Crippen molar-refractivity contribution < 1.29 is 4.79 Å². The minimum Gasteiger partial charge on any atom is -0.324 e. The summed E-state index contributed by atoms with van der Waals surface area (Å²) in [5, 5.41) is 4.70. The lowest BCUT2D eigenvalue weighted by Crippen LogP contribution is -2.40. The van der Waals surface area contributed by atoms with Crippen molar-refractivity contribution in [3.8, 4) is 0 Å². The van der Waals surface area contributed by atoms with Crippen molar-refractivity contribution in [3.63, 3.8) is 0 Å². The van der Waals surface area contributed by atoms with Gasteiger partial charge < -0.3 is 9.88 Å². The number of carbonyl (C=O) groups is 1. The van der Waals surface area contributed by atoms with E-state index >= 15 is 0 Å². The van der Waals surface area contributed by atoms with Crippen LogP contribution in [0.3, 0.4) is 0 Å². The number of hydrogen-bond donors (Lipinski definition) is 1. The lowest BCUT2D eigenvalue weighted by Gasteiger charge is -2.32. The fourth-order valence-corrected chi connectivity index (χ4v) is 5.10. The molecule has 1 aromatic heterocycles. The molecule has 0 saturated carbocycles. The van der Waals surface area contributed by atoms with Crippen molar-refractivity contribution in [2.75, 3.05) is 18.4 Å². The molecule has 0 unspecified atom stereocenters. The molecule has 4 aromatic rings. The molecule has 1 fully saturated rings. The highest BCUT2D eigenvalue weighted by molar-refractivity contribution is 6.35. The first kappa shape index (κ1) is 24.1. The summed E-state index contributed by atoms with van der Waals surface area (Å²) in [5.41, 5.74) is 3.77. The SMILES string of the molecule is O=C(Nc1cc(Cl)ccc1Cl)[C@@H]1CCCN(Cc2nc3ccccc3n2Cc2ccc(Cl)cc2)C1. The van der Waals surface area contributed by atoms with Crippen molar-refractivity contribution >= 4 is 57.4 Å². The molecular formula is C27H25Cl3N4O. The van der Waals surface area contributed by atoms with Crippen LogP contribution < -0.4 is 5.32 Å². The maximum Gasteiger partial charge on any atom is 0.228 e. The summed E-state index contributed by atoms with van der Waals surface area (Å²) in [5.74, 6) is 0.821. The van der Waals surface area contributed by atoms with E-state index in [1.807, 2.05) is 42.5 Å². The second kappa shape index (κ2) is 10.6. The summed E-state index contributed by atoms with van der Waals surface area (Å²) in [6.45, 7) is 2.96. The van der Waals surface area contributed by atoms with Gasteiger partial charge in [-0.05, 0) is 67.4 Å². The van der Waals surface area contributed by atoms with Gasteiger partial charge in [0.25, 0.3) is 0 Å². The third-order valence-corrected chi connectivity index (χ3v) is 7.23. The Morgan fingerprint density at radius 1 is 0.971 bits per heavy atom. The van der Waals surface area contributed by atoms with E-state index in [0.717, 1.165) is 46.8 Å². The molecule has 35 heavy (non-hydrogen) atoms. The predicted molar refractivity (Wildman–Crippen MR) is 143 cm³/mol. The van der Waals surface area contributed by atoms with Gasteiger partial charge in [0.1, 0.15) is 5.82 Å². The molecule has 0 aliphatic carbocycles. The van der Waals surface area contributed by atoms with Crippen LogP contribution in [0, 0.1) is 5.92 Å². The number of para-hydroxylation sites is 2. The zero-order chi connectivity index (χ0) is 24.4. The molecule has 1 amide bonds. The Morgan fingerprint density at radius 3 is 2.57 bits per heavy atom. The van der Waals surface area contributed by atoms with Crippen LogP contribution in [0.15, 0.2) is 66.7 Å². The Labute approximate surface area is 219 Å². The van der Waals surface area contributed by atoms with Crippen LogP contribution in [-0.2, 0) is 17.9 Å². The highest BCUT2D eigenvalue weighted by atomic mass is 35.5. The Kier molecular flexibility index (Phi) is 7.30. The first-order valence-corrected chi connectivity index (χ1v) is 12.8. The molecule has 0 spiro atoms. The van der Waals surface area contributed by atoms with Crippen LogP contribution in [0.1, 0.15) is 24.2 Å². The molecule has 0 radical (unpaired) electrons. The number of imidazole rings is 1. The van der Waals surface area contributed by atoms with Gasteiger partial charge in [0.2, 0.25) is 5.91 Å². The molecule has 1 aliphatic heterocycles. The Balaban J connectivity index is 1.33. The standard InChI is InChI=1S/C27H25Cl3N4O/c28-20-9-7-18(8-10-20)15-34-25-6-2-1-5-23(25)31-26(34)17-33-13-3-4-19(16-33)27(35)32-24-14-21(29)11-12-22(24)30/h1-2,5-12,14,19H,3-4,13,15-17H2,(H,32,35)/t19-/m1/s1. The number of amides is 1. The molecule has 2 heterocycles.